The molecule has 1 fully saturated rings. The highest BCUT2D eigenvalue weighted by molar-refractivity contribution is 9.11. The molecule has 1 aromatic carbocycles. The lowest BCUT2D eigenvalue weighted by Crippen LogP contribution is -2.27. The standard InChI is InChI=1S/C14H19Br2NO2/c15-10-5-6-14(13(16)7-10)17-8-11(18)9-19-12-3-1-2-4-12/h5-7,11-12,17-18H,1-4,8-9H2. The Morgan fingerprint density at radius 3 is 2.74 bits per heavy atom. The molecule has 0 amide bonds. The SMILES string of the molecule is OC(CNc1ccc(Br)cc1Br)COC1CCCC1. The number of hydrogen-bond donors (Lipinski definition) is 2. The molecule has 106 valence electrons. The monoisotopic (exact) mass is 391 g/mol. The molecule has 19 heavy (non-hydrogen) atoms. The maximum atomic E-state index is 9.90. The molecule has 2 N–H and O–H groups in total. The summed E-state index contributed by atoms with van der Waals surface area (Å²) >= 11 is 6.90. The molecule has 1 aliphatic rings. The van der Waals surface area contributed by atoms with E-state index in [0.717, 1.165) is 27.5 Å². The van der Waals surface area contributed by atoms with E-state index in [1.165, 1.54) is 12.8 Å². The van der Waals surface area contributed by atoms with Crippen LogP contribution in [0.5, 0.6) is 0 Å². The number of rotatable bonds is 6. The quantitative estimate of drug-likeness (QED) is 0.770. The molecule has 1 aromatic rings. The number of ether oxygens (including phenoxy) is 1. The first-order valence-corrected chi connectivity index (χ1v) is 8.22. The van der Waals surface area contributed by atoms with E-state index in [1.54, 1.807) is 0 Å². The fraction of sp³-hybridized carbons (Fsp3) is 0.571. The Morgan fingerprint density at radius 2 is 2.05 bits per heavy atom. The Kier molecular flexibility index (Phi) is 6.13. The molecule has 1 atom stereocenters. The molecule has 0 aromatic heterocycles. The summed E-state index contributed by atoms with van der Waals surface area (Å²) in [6, 6.07) is 5.91. The van der Waals surface area contributed by atoms with Gasteiger partial charge in [0.05, 0.1) is 18.8 Å². The van der Waals surface area contributed by atoms with Gasteiger partial charge in [0.2, 0.25) is 0 Å². The number of hydrogen-bond acceptors (Lipinski definition) is 3. The zero-order valence-corrected chi connectivity index (χ0v) is 13.9. The summed E-state index contributed by atoms with van der Waals surface area (Å²) in [5.41, 5.74) is 0.975. The third-order valence-corrected chi connectivity index (χ3v) is 4.44. The van der Waals surface area contributed by atoms with Crippen LogP contribution in [0.15, 0.2) is 27.1 Å². The lowest BCUT2D eigenvalue weighted by molar-refractivity contribution is -0.00117. The van der Waals surface area contributed by atoms with Gasteiger partial charge in [0.1, 0.15) is 0 Å². The van der Waals surface area contributed by atoms with Crippen LogP contribution in [0, 0.1) is 0 Å². The Labute approximate surface area is 131 Å². The average Bonchev–Trinajstić information content (AvgIpc) is 2.88. The van der Waals surface area contributed by atoms with Crippen molar-refractivity contribution in [3.8, 4) is 0 Å². The average molecular weight is 393 g/mol. The molecule has 3 nitrogen and oxygen atoms in total. The lowest BCUT2D eigenvalue weighted by atomic mass is 10.3. The van der Waals surface area contributed by atoms with Crippen LogP contribution in [0.1, 0.15) is 25.7 Å². The van der Waals surface area contributed by atoms with Gasteiger partial charge in [-0.1, -0.05) is 28.8 Å². The van der Waals surface area contributed by atoms with Gasteiger partial charge in [0.15, 0.2) is 0 Å². The summed E-state index contributed by atoms with van der Waals surface area (Å²) in [5.74, 6) is 0. The molecule has 0 bridgehead atoms. The predicted octanol–water partition coefficient (Wildman–Crippen LogP) is 3.94. The summed E-state index contributed by atoms with van der Waals surface area (Å²) in [4.78, 5) is 0. The van der Waals surface area contributed by atoms with Crippen LogP contribution in [-0.4, -0.2) is 30.5 Å². The highest BCUT2D eigenvalue weighted by Crippen LogP contribution is 2.26. The van der Waals surface area contributed by atoms with Gasteiger partial charge in [0, 0.05) is 21.2 Å². The third kappa shape index (κ3) is 5.06. The van der Waals surface area contributed by atoms with Crippen molar-refractivity contribution in [1.82, 2.24) is 0 Å². The molecule has 2 rings (SSSR count). The van der Waals surface area contributed by atoms with Gasteiger partial charge in [-0.25, -0.2) is 0 Å². The maximum Gasteiger partial charge on any atom is 0.0945 e. The van der Waals surface area contributed by atoms with Crippen molar-refractivity contribution in [3.05, 3.63) is 27.1 Å². The maximum absolute atomic E-state index is 9.90. The van der Waals surface area contributed by atoms with Crippen molar-refractivity contribution in [1.29, 1.82) is 0 Å². The number of anilines is 1. The number of benzene rings is 1. The van der Waals surface area contributed by atoms with Gasteiger partial charge in [-0.3, -0.25) is 0 Å². The Morgan fingerprint density at radius 1 is 1.32 bits per heavy atom. The van der Waals surface area contributed by atoms with Crippen molar-refractivity contribution in [2.45, 2.75) is 37.9 Å². The van der Waals surface area contributed by atoms with E-state index in [-0.39, 0.29) is 0 Å². The first kappa shape index (κ1) is 15.3. The van der Waals surface area contributed by atoms with E-state index < -0.39 is 6.10 Å². The fourth-order valence-corrected chi connectivity index (χ4v) is 3.41. The van der Waals surface area contributed by atoms with Crippen molar-refractivity contribution in [3.63, 3.8) is 0 Å². The summed E-state index contributed by atoms with van der Waals surface area (Å²) in [7, 11) is 0. The topological polar surface area (TPSA) is 41.5 Å². The molecule has 0 heterocycles. The summed E-state index contributed by atoms with van der Waals surface area (Å²) in [5, 5.41) is 13.1. The van der Waals surface area contributed by atoms with Crippen LogP contribution in [0.3, 0.4) is 0 Å². The molecular formula is C14H19Br2NO2. The smallest absolute Gasteiger partial charge is 0.0945 e. The predicted molar refractivity (Wildman–Crippen MR) is 84.5 cm³/mol. The highest BCUT2D eigenvalue weighted by Gasteiger charge is 2.16. The van der Waals surface area contributed by atoms with Gasteiger partial charge in [0.25, 0.3) is 0 Å². The summed E-state index contributed by atoms with van der Waals surface area (Å²) in [6.07, 6.45) is 4.66. The lowest BCUT2D eigenvalue weighted by Gasteiger charge is -2.17. The number of nitrogens with one attached hydrogen (secondary N) is 1. The molecule has 0 radical (unpaired) electrons. The van der Waals surface area contributed by atoms with Crippen LogP contribution in [-0.2, 0) is 4.74 Å². The summed E-state index contributed by atoms with van der Waals surface area (Å²) in [6.45, 7) is 0.902. The normalized spacial score (nSPS) is 17.6. The first-order valence-electron chi connectivity index (χ1n) is 6.64. The largest absolute Gasteiger partial charge is 0.389 e. The van der Waals surface area contributed by atoms with Crippen molar-refractivity contribution < 1.29 is 9.84 Å². The minimum absolute atomic E-state index is 0.356. The Bertz CT molecular complexity index is 408. The molecule has 0 saturated heterocycles. The van der Waals surface area contributed by atoms with Gasteiger partial charge < -0.3 is 15.2 Å². The third-order valence-electron chi connectivity index (χ3n) is 3.29. The van der Waals surface area contributed by atoms with Crippen LogP contribution < -0.4 is 5.32 Å². The van der Waals surface area contributed by atoms with Gasteiger partial charge >= 0.3 is 0 Å². The van der Waals surface area contributed by atoms with Crippen molar-refractivity contribution >= 4 is 37.5 Å². The molecular weight excluding hydrogens is 374 g/mol. The Hall–Kier alpha value is -0.100. The minimum Gasteiger partial charge on any atom is -0.389 e. The number of halogens is 2. The van der Waals surface area contributed by atoms with E-state index in [9.17, 15) is 5.11 Å². The second-order valence-electron chi connectivity index (χ2n) is 4.90. The van der Waals surface area contributed by atoms with E-state index in [0.29, 0.717) is 19.3 Å². The molecule has 0 aliphatic heterocycles. The van der Waals surface area contributed by atoms with Crippen molar-refractivity contribution in [2.24, 2.45) is 0 Å². The van der Waals surface area contributed by atoms with Crippen LogP contribution >= 0.6 is 31.9 Å². The number of aliphatic hydroxyl groups is 1. The molecule has 1 saturated carbocycles. The zero-order valence-electron chi connectivity index (χ0n) is 10.7. The van der Waals surface area contributed by atoms with Crippen LogP contribution in [0.2, 0.25) is 0 Å². The van der Waals surface area contributed by atoms with Crippen LogP contribution in [0.25, 0.3) is 0 Å². The summed E-state index contributed by atoms with van der Waals surface area (Å²) < 4.78 is 7.69. The fourth-order valence-electron chi connectivity index (χ4n) is 2.22. The van der Waals surface area contributed by atoms with Crippen LogP contribution in [0.4, 0.5) is 5.69 Å². The second kappa shape index (κ2) is 7.62. The van der Waals surface area contributed by atoms with E-state index in [1.807, 2.05) is 18.2 Å². The minimum atomic E-state index is -0.476. The highest BCUT2D eigenvalue weighted by atomic mass is 79.9. The first-order chi connectivity index (χ1) is 9.15. The Balaban J connectivity index is 1.71. The molecule has 1 unspecified atom stereocenters. The van der Waals surface area contributed by atoms with Crippen molar-refractivity contribution in [2.75, 3.05) is 18.5 Å². The van der Waals surface area contributed by atoms with Gasteiger partial charge in [-0.2, -0.15) is 0 Å². The number of aliphatic hydroxyl groups excluding tert-OH is 1. The molecule has 1 aliphatic carbocycles. The molecule has 5 heteroatoms. The zero-order chi connectivity index (χ0) is 13.7. The van der Waals surface area contributed by atoms with E-state index in [4.69, 9.17) is 4.74 Å². The second-order valence-corrected chi connectivity index (χ2v) is 6.67. The van der Waals surface area contributed by atoms with E-state index in [2.05, 4.69) is 37.2 Å². The van der Waals surface area contributed by atoms with Gasteiger partial charge in [-0.05, 0) is 47.0 Å². The van der Waals surface area contributed by atoms with Gasteiger partial charge in [-0.15, -0.1) is 0 Å². The molecule has 0 spiro atoms. The van der Waals surface area contributed by atoms with E-state index >= 15 is 0 Å².